The first kappa shape index (κ1) is 31.6. The lowest BCUT2D eigenvalue weighted by atomic mass is 10.5. The van der Waals surface area contributed by atoms with E-state index in [1.54, 1.807) is 0 Å². The van der Waals surface area contributed by atoms with E-state index in [0.717, 1.165) is 0 Å². The van der Waals surface area contributed by atoms with Crippen molar-refractivity contribution < 1.29 is 53.0 Å². The maximum atomic E-state index is 12.2. The summed E-state index contributed by atoms with van der Waals surface area (Å²) in [6.45, 7) is 4.03. The number of hydrogen-bond donors (Lipinski definition) is 4. The first-order valence-corrected chi connectivity index (χ1v) is 11.7. The molecule has 0 saturated heterocycles. The van der Waals surface area contributed by atoms with E-state index in [4.69, 9.17) is 48.4 Å². The van der Waals surface area contributed by atoms with Gasteiger partial charge in [0.25, 0.3) is 0 Å². The number of nitrogens with zero attached hydrogens (tertiary/aromatic N) is 2. The van der Waals surface area contributed by atoms with Crippen molar-refractivity contribution >= 4 is 8.25 Å². The summed E-state index contributed by atoms with van der Waals surface area (Å²) < 4.78 is 43.7. The van der Waals surface area contributed by atoms with Gasteiger partial charge in [0.2, 0.25) is 0 Å². The van der Waals surface area contributed by atoms with Crippen LogP contribution in [0.5, 0.6) is 0 Å². The molecule has 0 aromatic rings. The van der Waals surface area contributed by atoms with E-state index in [-0.39, 0.29) is 66.3 Å². The average Bonchev–Trinajstić information content (AvgIpc) is 2.80. The van der Waals surface area contributed by atoms with Gasteiger partial charge in [-0.15, -0.1) is 9.05 Å². The second kappa shape index (κ2) is 25.2. The highest BCUT2D eigenvalue weighted by Crippen LogP contribution is 2.24. The number of aliphatic hydroxyl groups excluding tert-OH is 4. The normalized spacial score (nSPS) is 11.7. The van der Waals surface area contributed by atoms with Crippen molar-refractivity contribution in [3.05, 3.63) is 0 Å². The Morgan fingerprint density at radius 1 is 0.500 bits per heavy atom. The largest absolute Gasteiger partial charge is 0.700 e. The van der Waals surface area contributed by atoms with Crippen molar-refractivity contribution in [1.29, 1.82) is 0 Å². The average molecular weight is 491 g/mol. The summed E-state index contributed by atoms with van der Waals surface area (Å²) in [4.78, 5) is 3.63. The van der Waals surface area contributed by atoms with Crippen molar-refractivity contribution in [2.75, 3.05) is 119 Å². The van der Waals surface area contributed by atoms with Crippen LogP contribution < -0.4 is 0 Å². The molecule has 0 aliphatic heterocycles. The maximum Gasteiger partial charge on any atom is 0.700 e. The summed E-state index contributed by atoms with van der Waals surface area (Å²) in [6.07, 6.45) is 0. The van der Waals surface area contributed by atoms with Gasteiger partial charge in [-0.05, 0) is 0 Å². The van der Waals surface area contributed by atoms with Crippen molar-refractivity contribution in [3.8, 4) is 0 Å². The van der Waals surface area contributed by atoms with Crippen molar-refractivity contribution in [1.82, 2.24) is 9.80 Å². The molecule has 0 spiro atoms. The molecule has 0 rings (SSSR count). The number of rotatable bonds is 26. The molecule has 0 bridgehead atoms. The van der Waals surface area contributed by atoms with E-state index >= 15 is 0 Å². The zero-order valence-electron chi connectivity index (χ0n) is 18.7. The summed E-state index contributed by atoms with van der Waals surface area (Å²) in [7, 11) is -2.39. The summed E-state index contributed by atoms with van der Waals surface area (Å²) >= 11 is 0. The van der Waals surface area contributed by atoms with Crippen LogP contribution in [0.1, 0.15) is 0 Å². The van der Waals surface area contributed by atoms with Crippen LogP contribution in [0.4, 0.5) is 0 Å². The minimum absolute atomic E-state index is 0.0272. The fourth-order valence-electron chi connectivity index (χ4n) is 2.22. The number of hydrogen-bond acceptors (Lipinski definition) is 13. The first-order valence-electron chi connectivity index (χ1n) is 10.6. The lowest BCUT2D eigenvalue weighted by Gasteiger charge is -2.20. The quantitative estimate of drug-likeness (QED) is 0.0612. The second-order valence-corrected chi connectivity index (χ2v) is 7.28. The minimum Gasteiger partial charge on any atom is -0.394 e. The van der Waals surface area contributed by atoms with E-state index in [2.05, 4.69) is 0 Å². The number of aliphatic hydroxyl groups is 4. The molecule has 192 valence electrons. The van der Waals surface area contributed by atoms with Gasteiger partial charge in [0, 0.05) is 30.7 Å². The van der Waals surface area contributed by atoms with Gasteiger partial charge in [-0.3, -0.25) is 9.80 Å². The van der Waals surface area contributed by atoms with Crippen molar-refractivity contribution in [2.45, 2.75) is 0 Å². The zero-order chi connectivity index (χ0) is 23.7. The fourth-order valence-corrected chi connectivity index (χ4v) is 2.81. The van der Waals surface area contributed by atoms with E-state index in [1.165, 1.54) is 0 Å². The molecule has 0 aromatic carbocycles. The zero-order valence-corrected chi connectivity index (χ0v) is 19.6. The third-order valence-electron chi connectivity index (χ3n) is 3.84. The Kier molecular flexibility index (Phi) is 24.9. The molecule has 0 amide bonds. The van der Waals surface area contributed by atoms with Gasteiger partial charge in [0.05, 0.1) is 79.3 Å². The van der Waals surface area contributed by atoms with Gasteiger partial charge in [-0.25, -0.2) is 0 Å². The van der Waals surface area contributed by atoms with Gasteiger partial charge >= 0.3 is 8.25 Å². The Bertz CT molecular complexity index is 355. The molecule has 0 atom stereocenters. The smallest absolute Gasteiger partial charge is 0.394 e. The third kappa shape index (κ3) is 21.5. The number of ether oxygens (including phenoxy) is 4. The molecule has 0 saturated carbocycles. The summed E-state index contributed by atoms with van der Waals surface area (Å²) in [6, 6.07) is 0. The molecule has 0 radical (unpaired) electrons. The van der Waals surface area contributed by atoms with Gasteiger partial charge < -0.3 is 39.4 Å². The Morgan fingerprint density at radius 2 is 0.781 bits per heavy atom. The predicted octanol–water partition coefficient (Wildman–Crippen LogP) is -1.77. The van der Waals surface area contributed by atoms with Gasteiger partial charge in [-0.2, -0.15) is 0 Å². The summed E-state index contributed by atoms with van der Waals surface area (Å²) in [5.74, 6) is 0. The molecule has 32 heavy (non-hydrogen) atoms. The van der Waals surface area contributed by atoms with Gasteiger partial charge in [-0.1, -0.05) is 0 Å². The second-order valence-electron chi connectivity index (χ2n) is 6.32. The minimum atomic E-state index is -2.39. The SMILES string of the molecule is O=[P+](OCN(CCOCCO)CCOCCO)OCN(CCOCCO)CCOCCO. The highest BCUT2D eigenvalue weighted by atomic mass is 31.1. The van der Waals surface area contributed by atoms with Crippen molar-refractivity contribution in [3.63, 3.8) is 0 Å². The van der Waals surface area contributed by atoms with Crippen molar-refractivity contribution in [2.24, 2.45) is 0 Å². The highest BCUT2D eigenvalue weighted by molar-refractivity contribution is 7.33. The standard InChI is InChI=1S/C18H40N2O11P/c21-5-13-26-9-1-19(2-10-27-14-6-22)17-30-32(25)31-18-20(3-11-28-15-7-23)4-12-29-16-8-24/h21-24H,1-18H2/q+1. The monoisotopic (exact) mass is 491 g/mol. The van der Waals surface area contributed by atoms with Crippen LogP contribution in [0.25, 0.3) is 0 Å². The predicted molar refractivity (Wildman–Crippen MR) is 114 cm³/mol. The van der Waals surface area contributed by atoms with E-state index in [0.29, 0.717) is 52.6 Å². The van der Waals surface area contributed by atoms with E-state index in [9.17, 15) is 4.57 Å². The molecule has 0 aromatic heterocycles. The van der Waals surface area contributed by atoms with Crippen LogP contribution in [-0.4, -0.2) is 149 Å². The van der Waals surface area contributed by atoms with Crippen LogP contribution in [0.3, 0.4) is 0 Å². The molecule has 14 heteroatoms. The van der Waals surface area contributed by atoms with Crippen LogP contribution >= 0.6 is 8.25 Å². The van der Waals surface area contributed by atoms with Crippen LogP contribution in [0.2, 0.25) is 0 Å². The Labute approximate surface area is 190 Å². The molecule has 0 aliphatic rings. The van der Waals surface area contributed by atoms with Gasteiger partial charge in [0.1, 0.15) is 0 Å². The molecule has 0 fully saturated rings. The molecule has 0 aliphatic carbocycles. The van der Waals surface area contributed by atoms with Crippen LogP contribution in [0.15, 0.2) is 0 Å². The molecule has 0 unspecified atom stereocenters. The van der Waals surface area contributed by atoms with E-state index < -0.39 is 8.25 Å². The molecular formula is C18H40N2O11P+. The van der Waals surface area contributed by atoms with E-state index in [1.807, 2.05) is 9.80 Å². The Hall–Kier alpha value is -0.380. The Balaban J connectivity index is 4.32. The topological polar surface area (TPSA) is 160 Å². The summed E-state index contributed by atoms with van der Waals surface area (Å²) in [5.41, 5.74) is 0. The molecule has 0 heterocycles. The highest BCUT2D eigenvalue weighted by Gasteiger charge is 2.24. The van der Waals surface area contributed by atoms with Crippen LogP contribution in [0, 0.1) is 0 Å². The Morgan fingerprint density at radius 3 is 1.03 bits per heavy atom. The first-order chi connectivity index (χ1) is 15.7. The van der Waals surface area contributed by atoms with Crippen LogP contribution in [-0.2, 0) is 32.6 Å². The molecular weight excluding hydrogens is 451 g/mol. The fraction of sp³-hybridized carbons (Fsp3) is 1.00. The maximum absolute atomic E-state index is 12.2. The lowest BCUT2D eigenvalue weighted by Crippen LogP contribution is -2.34. The van der Waals surface area contributed by atoms with Gasteiger partial charge in [0.15, 0.2) is 13.5 Å². The summed E-state index contributed by atoms with van der Waals surface area (Å²) in [5, 5.41) is 35.1. The lowest BCUT2D eigenvalue weighted by molar-refractivity contribution is 0.0126. The molecule has 13 nitrogen and oxygen atoms in total. The molecule has 4 N–H and O–H groups in total. The third-order valence-corrected chi connectivity index (χ3v) is 4.49.